The summed E-state index contributed by atoms with van der Waals surface area (Å²) in [5.74, 6) is -1.95. The minimum atomic E-state index is -4.34. The molecule has 6 rings (SSSR count). The summed E-state index contributed by atoms with van der Waals surface area (Å²) < 4.78 is 55.1. The highest BCUT2D eigenvalue weighted by Gasteiger charge is 2.56. The molecule has 2 aliphatic rings. The number of alkyl halides is 3. The molecule has 7 nitrogen and oxygen atoms in total. The molecular formula is C26H19BClF4N7. The molecule has 2 unspecified atom stereocenters. The maximum atomic E-state index is 13.8. The zero-order valence-corrected chi connectivity index (χ0v) is 20.9. The summed E-state index contributed by atoms with van der Waals surface area (Å²) in [5, 5.41) is 24.8. The summed E-state index contributed by atoms with van der Waals surface area (Å²) in [6, 6.07) is 10.1. The van der Waals surface area contributed by atoms with E-state index in [1.165, 1.54) is 30.5 Å². The molecule has 2 aliphatic carbocycles. The standard InChI is InChI=1S/C26H19BClF4N7/c27-25(14-1-3-15(29)4-2-14,22-12-39(38-37-22)17-5-6-17)36-16-7-18-23(35-21-9-19(21)26(30,31)32)13(10-33)11-34-24(18)20(28)8-16/h1-4,7-8,11-12,17,19,21,36H,5-6,9H2,(H,34,35)/t19?,21-,25?/m1/s1. The first kappa shape index (κ1) is 25.4. The maximum Gasteiger partial charge on any atom is 0.393 e. The molecule has 2 fully saturated rings. The lowest BCUT2D eigenvalue weighted by Gasteiger charge is -2.32. The van der Waals surface area contributed by atoms with Crippen LogP contribution in [-0.2, 0) is 5.44 Å². The van der Waals surface area contributed by atoms with Crippen LogP contribution in [0, 0.1) is 23.1 Å². The number of nitrogens with zero attached hydrogens (tertiary/aromatic N) is 5. The minimum Gasteiger partial charge on any atom is -0.380 e. The summed E-state index contributed by atoms with van der Waals surface area (Å²) in [6.07, 6.45) is 0.510. The van der Waals surface area contributed by atoms with Crippen molar-refractivity contribution in [2.75, 3.05) is 10.6 Å². The van der Waals surface area contributed by atoms with Crippen LogP contribution >= 0.6 is 11.6 Å². The molecule has 13 heteroatoms. The molecule has 0 spiro atoms. The number of pyridine rings is 1. The predicted molar refractivity (Wildman–Crippen MR) is 138 cm³/mol. The van der Waals surface area contributed by atoms with E-state index in [0.717, 1.165) is 12.8 Å². The van der Waals surface area contributed by atoms with Gasteiger partial charge in [-0.2, -0.15) is 18.4 Å². The van der Waals surface area contributed by atoms with Gasteiger partial charge >= 0.3 is 6.18 Å². The molecule has 0 saturated heterocycles. The minimum absolute atomic E-state index is 0.0773. The largest absolute Gasteiger partial charge is 0.393 e. The Kier molecular flexibility index (Phi) is 5.95. The van der Waals surface area contributed by atoms with Gasteiger partial charge in [0.1, 0.15) is 25.4 Å². The van der Waals surface area contributed by atoms with Crippen molar-refractivity contribution < 1.29 is 17.6 Å². The van der Waals surface area contributed by atoms with Crippen molar-refractivity contribution >= 4 is 41.7 Å². The number of nitriles is 1. The fourth-order valence-corrected chi connectivity index (χ4v) is 4.94. The molecule has 0 aliphatic heterocycles. The quantitative estimate of drug-likeness (QED) is 0.227. The third-order valence-corrected chi connectivity index (χ3v) is 7.35. The lowest BCUT2D eigenvalue weighted by Crippen LogP contribution is -2.37. The highest BCUT2D eigenvalue weighted by Crippen LogP contribution is 2.47. The second-order valence-electron chi connectivity index (χ2n) is 9.90. The van der Waals surface area contributed by atoms with E-state index in [1.807, 2.05) is 6.07 Å². The second kappa shape index (κ2) is 9.12. The van der Waals surface area contributed by atoms with E-state index in [2.05, 4.69) is 25.9 Å². The van der Waals surface area contributed by atoms with Gasteiger partial charge in [0.25, 0.3) is 0 Å². The molecule has 2 heterocycles. The van der Waals surface area contributed by atoms with E-state index in [0.29, 0.717) is 27.8 Å². The van der Waals surface area contributed by atoms with Gasteiger partial charge in [-0.3, -0.25) is 4.98 Å². The molecule has 3 atom stereocenters. The molecule has 2 radical (unpaired) electrons. The number of nitrogens with one attached hydrogen (secondary N) is 2. The highest BCUT2D eigenvalue weighted by atomic mass is 35.5. The molecule has 0 bridgehead atoms. The summed E-state index contributed by atoms with van der Waals surface area (Å²) in [6.45, 7) is 0. The average molecular weight is 552 g/mol. The monoisotopic (exact) mass is 551 g/mol. The van der Waals surface area contributed by atoms with Crippen molar-refractivity contribution in [2.24, 2.45) is 5.92 Å². The number of aromatic nitrogens is 4. The Morgan fingerprint density at radius 2 is 1.90 bits per heavy atom. The van der Waals surface area contributed by atoms with E-state index in [9.17, 15) is 22.8 Å². The van der Waals surface area contributed by atoms with Crippen molar-refractivity contribution in [2.45, 2.75) is 43.0 Å². The Bertz CT molecular complexity index is 1610. The lowest BCUT2D eigenvalue weighted by atomic mass is 9.69. The molecule has 2 aromatic heterocycles. The maximum absolute atomic E-state index is 13.8. The highest BCUT2D eigenvalue weighted by molar-refractivity contribution is 6.36. The first-order chi connectivity index (χ1) is 18.6. The third kappa shape index (κ3) is 4.76. The fourth-order valence-electron chi connectivity index (χ4n) is 4.67. The zero-order valence-electron chi connectivity index (χ0n) is 20.2. The number of halogens is 5. The third-order valence-electron chi connectivity index (χ3n) is 7.06. The van der Waals surface area contributed by atoms with Crippen molar-refractivity contribution in [1.29, 1.82) is 5.26 Å². The van der Waals surface area contributed by atoms with E-state index >= 15 is 0 Å². The predicted octanol–water partition coefficient (Wildman–Crippen LogP) is 5.67. The van der Waals surface area contributed by atoms with Crippen LogP contribution in [-0.4, -0.2) is 40.0 Å². The number of rotatable bonds is 7. The Morgan fingerprint density at radius 1 is 1.15 bits per heavy atom. The van der Waals surface area contributed by atoms with Gasteiger partial charge in [-0.25, -0.2) is 9.07 Å². The molecular weight excluding hydrogens is 533 g/mol. The molecule has 0 amide bonds. The van der Waals surface area contributed by atoms with E-state index < -0.39 is 29.4 Å². The van der Waals surface area contributed by atoms with Crippen LogP contribution in [0.15, 0.2) is 48.8 Å². The fraction of sp³-hybridized carbons (Fsp3) is 0.308. The molecule has 4 aromatic rings. The van der Waals surface area contributed by atoms with Gasteiger partial charge in [-0.1, -0.05) is 28.9 Å². The molecule has 39 heavy (non-hydrogen) atoms. The zero-order chi connectivity index (χ0) is 27.5. The van der Waals surface area contributed by atoms with E-state index in [4.69, 9.17) is 19.4 Å². The first-order valence-corrected chi connectivity index (χ1v) is 12.6. The number of fused-ring (bicyclic) bond motifs is 1. The van der Waals surface area contributed by atoms with Crippen LogP contribution in [0.25, 0.3) is 10.9 Å². The Hall–Kier alpha value is -3.85. The number of hydrogen-bond acceptors (Lipinski definition) is 6. The topological polar surface area (TPSA) is 91.5 Å². The Balaban J connectivity index is 1.43. The second-order valence-corrected chi connectivity index (χ2v) is 10.3. The summed E-state index contributed by atoms with van der Waals surface area (Å²) >= 11 is 6.56. The summed E-state index contributed by atoms with van der Waals surface area (Å²) in [4.78, 5) is 4.26. The normalized spacial score (nSPS) is 20.3. The van der Waals surface area contributed by atoms with Crippen LogP contribution in [0.4, 0.5) is 28.9 Å². The SMILES string of the molecule is [B]C(Nc1cc(Cl)c2ncc(C#N)c(N[C@@H]3CC3C(F)(F)F)c2c1)(c1ccc(F)cc1)c1cn(C2CC2)nn1. The van der Waals surface area contributed by atoms with Gasteiger partial charge in [0.05, 0.1) is 45.4 Å². The van der Waals surface area contributed by atoms with Crippen molar-refractivity contribution in [3.05, 3.63) is 76.5 Å². The molecule has 196 valence electrons. The van der Waals surface area contributed by atoms with Gasteiger partial charge in [-0.15, -0.1) is 5.10 Å². The smallest absolute Gasteiger partial charge is 0.380 e. The van der Waals surface area contributed by atoms with Crippen molar-refractivity contribution in [1.82, 2.24) is 20.0 Å². The Morgan fingerprint density at radius 3 is 2.54 bits per heavy atom. The van der Waals surface area contributed by atoms with Crippen LogP contribution in [0.2, 0.25) is 5.02 Å². The van der Waals surface area contributed by atoms with Gasteiger partial charge in [0.15, 0.2) is 0 Å². The van der Waals surface area contributed by atoms with Crippen LogP contribution in [0.3, 0.4) is 0 Å². The van der Waals surface area contributed by atoms with Gasteiger partial charge in [0, 0.05) is 23.3 Å². The van der Waals surface area contributed by atoms with Gasteiger partial charge in [-0.05, 0) is 49.1 Å². The lowest BCUT2D eigenvalue weighted by molar-refractivity contribution is -0.147. The van der Waals surface area contributed by atoms with Crippen LogP contribution in [0.1, 0.15) is 42.1 Å². The summed E-state index contributed by atoms with van der Waals surface area (Å²) in [7, 11) is 6.90. The van der Waals surface area contributed by atoms with Gasteiger partial charge in [0.2, 0.25) is 0 Å². The molecule has 2 saturated carbocycles. The number of benzene rings is 2. The van der Waals surface area contributed by atoms with E-state index in [1.54, 1.807) is 23.0 Å². The van der Waals surface area contributed by atoms with Crippen molar-refractivity contribution in [3.63, 3.8) is 0 Å². The average Bonchev–Trinajstić information content (AvgIpc) is 3.82. The number of hydrogen-bond donors (Lipinski definition) is 2. The first-order valence-electron chi connectivity index (χ1n) is 12.2. The molecule has 2 aromatic carbocycles. The summed E-state index contributed by atoms with van der Waals surface area (Å²) in [5.41, 5.74) is 0.327. The number of anilines is 2. The molecule has 2 N–H and O–H groups in total. The van der Waals surface area contributed by atoms with Gasteiger partial charge < -0.3 is 10.6 Å². The van der Waals surface area contributed by atoms with Crippen LogP contribution < -0.4 is 10.6 Å². The van der Waals surface area contributed by atoms with Crippen molar-refractivity contribution in [3.8, 4) is 6.07 Å². The van der Waals surface area contributed by atoms with Crippen LogP contribution in [0.5, 0.6) is 0 Å². The Labute approximate surface area is 226 Å². The van der Waals surface area contributed by atoms with E-state index in [-0.39, 0.29) is 28.7 Å².